The number of hydrogen-bond acceptors (Lipinski definition) is 3. The van der Waals surface area contributed by atoms with Crippen molar-refractivity contribution in [2.24, 2.45) is 0 Å². The summed E-state index contributed by atoms with van der Waals surface area (Å²) in [6.07, 6.45) is -1.48. The van der Waals surface area contributed by atoms with Crippen LogP contribution in [0.5, 0.6) is 0 Å². The van der Waals surface area contributed by atoms with Crippen LogP contribution >= 0.6 is 22.6 Å². The average Bonchev–Trinajstić information content (AvgIpc) is 2.17. The topological polar surface area (TPSA) is 53.8 Å². The van der Waals surface area contributed by atoms with Crippen LogP contribution in [0.15, 0.2) is 6.20 Å². The molecule has 14 heavy (non-hydrogen) atoms. The summed E-state index contributed by atoms with van der Waals surface area (Å²) in [6.45, 7) is 0. The average molecular weight is 308 g/mol. The quantitative estimate of drug-likeness (QED) is 0.622. The highest BCUT2D eigenvalue weighted by molar-refractivity contribution is 14.1. The molecule has 0 aromatic carbocycles. The molecule has 72 valence electrons. The number of nitrogens with zero attached hydrogens (tertiary/aromatic N) is 2. The van der Waals surface area contributed by atoms with Crippen molar-refractivity contribution < 1.29 is 13.6 Å². The van der Waals surface area contributed by atoms with E-state index in [0.29, 0.717) is 0 Å². The highest BCUT2D eigenvalue weighted by atomic mass is 127. The Bertz CT molecular complexity index is 415. The van der Waals surface area contributed by atoms with E-state index in [1.807, 2.05) is 0 Å². The predicted molar refractivity (Wildman–Crippen MR) is 52.0 cm³/mol. The minimum atomic E-state index is -2.81. The summed E-state index contributed by atoms with van der Waals surface area (Å²) in [4.78, 5) is 13.9. The number of halogens is 3. The Morgan fingerprint density at radius 2 is 2.29 bits per heavy atom. The van der Waals surface area contributed by atoms with Gasteiger partial charge in [0.05, 0.1) is 11.1 Å². The highest BCUT2D eigenvalue weighted by Crippen LogP contribution is 2.24. The molecule has 1 aromatic rings. The minimum absolute atomic E-state index is 0.122. The lowest BCUT2D eigenvalue weighted by atomic mass is 10.1. The van der Waals surface area contributed by atoms with E-state index in [9.17, 15) is 13.6 Å². The monoisotopic (exact) mass is 308 g/mol. The Balaban J connectivity index is 3.45. The molecule has 1 rings (SSSR count). The molecule has 0 aliphatic rings. The highest BCUT2D eigenvalue weighted by Gasteiger charge is 2.18. The van der Waals surface area contributed by atoms with E-state index in [2.05, 4.69) is 4.98 Å². The first-order chi connectivity index (χ1) is 6.61. The third kappa shape index (κ3) is 1.87. The minimum Gasteiger partial charge on any atom is -0.298 e. The zero-order valence-electron chi connectivity index (χ0n) is 6.67. The number of alkyl halides is 2. The van der Waals surface area contributed by atoms with Gasteiger partial charge in [0.1, 0.15) is 11.8 Å². The molecule has 0 atom stereocenters. The number of nitriles is 1. The molecule has 6 heteroatoms. The number of carbonyl (C=O) groups is 1. The van der Waals surface area contributed by atoms with Gasteiger partial charge in [-0.2, -0.15) is 5.26 Å². The first-order valence-corrected chi connectivity index (χ1v) is 4.51. The van der Waals surface area contributed by atoms with Gasteiger partial charge in [0.2, 0.25) is 0 Å². The first kappa shape index (κ1) is 11.0. The molecule has 3 nitrogen and oxygen atoms in total. The van der Waals surface area contributed by atoms with Gasteiger partial charge in [-0.3, -0.25) is 9.78 Å². The van der Waals surface area contributed by atoms with Crippen molar-refractivity contribution in [2.75, 3.05) is 0 Å². The standard InChI is InChI=1S/C8H3F2IN2O/c9-8(10)7-5(3-14)6(11)4(1-12)2-13-7/h2-3,8H. The molecule has 0 N–H and O–H groups in total. The normalized spacial score (nSPS) is 9.93. The molecule has 0 spiro atoms. The third-order valence-corrected chi connectivity index (χ3v) is 2.69. The van der Waals surface area contributed by atoms with E-state index in [1.54, 1.807) is 28.7 Å². The smallest absolute Gasteiger partial charge is 0.281 e. The Hall–Kier alpha value is -1.10. The summed E-state index contributed by atoms with van der Waals surface area (Å²) in [5, 5.41) is 8.57. The van der Waals surface area contributed by atoms with E-state index >= 15 is 0 Å². The number of rotatable bonds is 2. The van der Waals surface area contributed by atoms with Crippen LogP contribution in [0.2, 0.25) is 0 Å². The van der Waals surface area contributed by atoms with Gasteiger partial charge >= 0.3 is 0 Å². The van der Waals surface area contributed by atoms with E-state index in [-0.39, 0.29) is 21.0 Å². The lowest BCUT2D eigenvalue weighted by molar-refractivity contribution is 0.110. The molecular formula is C8H3F2IN2O. The molecule has 0 fully saturated rings. The third-order valence-electron chi connectivity index (χ3n) is 1.53. The van der Waals surface area contributed by atoms with Crippen LogP contribution in [0.1, 0.15) is 28.0 Å². The van der Waals surface area contributed by atoms with Gasteiger partial charge in [-0.15, -0.1) is 0 Å². The van der Waals surface area contributed by atoms with Gasteiger partial charge in [-0.25, -0.2) is 8.78 Å². The van der Waals surface area contributed by atoms with Crippen LogP contribution in [0.25, 0.3) is 0 Å². The van der Waals surface area contributed by atoms with Crippen LogP contribution < -0.4 is 0 Å². The fourth-order valence-electron chi connectivity index (χ4n) is 0.882. The van der Waals surface area contributed by atoms with Crippen LogP contribution in [-0.4, -0.2) is 11.3 Å². The Morgan fingerprint density at radius 1 is 1.64 bits per heavy atom. The Morgan fingerprint density at radius 3 is 2.71 bits per heavy atom. The van der Waals surface area contributed by atoms with Crippen molar-refractivity contribution in [2.45, 2.75) is 6.43 Å². The molecule has 0 saturated carbocycles. The number of pyridine rings is 1. The molecule has 1 aromatic heterocycles. The lowest BCUT2D eigenvalue weighted by Crippen LogP contribution is -2.02. The van der Waals surface area contributed by atoms with Gasteiger partial charge in [0.25, 0.3) is 6.43 Å². The first-order valence-electron chi connectivity index (χ1n) is 3.43. The van der Waals surface area contributed by atoms with Gasteiger partial charge in [0, 0.05) is 9.77 Å². The summed E-state index contributed by atoms with van der Waals surface area (Å²) in [7, 11) is 0. The van der Waals surface area contributed by atoms with Crippen LogP contribution in [-0.2, 0) is 0 Å². The SMILES string of the molecule is N#Cc1cnc(C(F)F)c(C=O)c1I. The molecule has 0 amide bonds. The van der Waals surface area contributed by atoms with Crippen molar-refractivity contribution in [3.8, 4) is 6.07 Å². The maximum absolute atomic E-state index is 12.3. The molecule has 0 unspecified atom stereocenters. The fourth-order valence-corrected chi connectivity index (χ4v) is 1.55. The second-order valence-corrected chi connectivity index (χ2v) is 3.39. The lowest BCUT2D eigenvalue weighted by Gasteiger charge is -2.04. The van der Waals surface area contributed by atoms with Crippen molar-refractivity contribution in [3.05, 3.63) is 26.6 Å². The van der Waals surface area contributed by atoms with Gasteiger partial charge < -0.3 is 0 Å². The predicted octanol–water partition coefficient (Wildman–Crippen LogP) is 2.31. The van der Waals surface area contributed by atoms with Crippen molar-refractivity contribution >= 4 is 28.9 Å². The number of aromatic nitrogens is 1. The van der Waals surface area contributed by atoms with Crippen molar-refractivity contribution in [1.29, 1.82) is 5.26 Å². The Kier molecular flexibility index (Phi) is 3.46. The maximum atomic E-state index is 12.3. The second-order valence-electron chi connectivity index (χ2n) is 2.32. The molecule has 0 radical (unpaired) electrons. The molecule has 1 heterocycles. The largest absolute Gasteiger partial charge is 0.298 e. The van der Waals surface area contributed by atoms with Crippen LogP contribution in [0, 0.1) is 14.9 Å². The van der Waals surface area contributed by atoms with E-state index < -0.39 is 12.1 Å². The molecular weight excluding hydrogens is 305 g/mol. The second kappa shape index (κ2) is 4.41. The Labute approximate surface area is 91.9 Å². The van der Waals surface area contributed by atoms with Gasteiger partial charge in [-0.1, -0.05) is 0 Å². The molecule has 0 aliphatic carbocycles. The molecule has 0 aliphatic heterocycles. The fraction of sp³-hybridized carbons (Fsp3) is 0.125. The number of hydrogen-bond donors (Lipinski definition) is 0. The maximum Gasteiger partial charge on any atom is 0.281 e. The summed E-state index contributed by atoms with van der Waals surface area (Å²) in [5.74, 6) is 0. The summed E-state index contributed by atoms with van der Waals surface area (Å²) in [6, 6.07) is 1.76. The summed E-state index contributed by atoms with van der Waals surface area (Å²) >= 11 is 1.67. The van der Waals surface area contributed by atoms with E-state index in [1.165, 1.54) is 0 Å². The number of carbonyl (C=O) groups excluding carboxylic acids is 1. The zero-order valence-corrected chi connectivity index (χ0v) is 8.83. The van der Waals surface area contributed by atoms with Crippen LogP contribution in [0.3, 0.4) is 0 Å². The van der Waals surface area contributed by atoms with E-state index in [4.69, 9.17) is 5.26 Å². The zero-order chi connectivity index (χ0) is 10.7. The van der Waals surface area contributed by atoms with Crippen molar-refractivity contribution in [1.82, 2.24) is 4.98 Å². The van der Waals surface area contributed by atoms with Gasteiger partial charge in [-0.05, 0) is 22.6 Å². The van der Waals surface area contributed by atoms with Crippen molar-refractivity contribution in [3.63, 3.8) is 0 Å². The summed E-state index contributed by atoms with van der Waals surface area (Å²) in [5.41, 5.74) is -0.667. The van der Waals surface area contributed by atoms with Gasteiger partial charge in [0.15, 0.2) is 6.29 Å². The number of aldehydes is 1. The summed E-state index contributed by atoms with van der Waals surface area (Å²) < 4.78 is 24.9. The van der Waals surface area contributed by atoms with Crippen LogP contribution in [0.4, 0.5) is 8.78 Å². The molecule has 0 bridgehead atoms. The molecule has 0 saturated heterocycles. The van der Waals surface area contributed by atoms with E-state index in [0.717, 1.165) is 6.20 Å².